The van der Waals surface area contributed by atoms with Gasteiger partial charge in [0.15, 0.2) is 0 Å². The van der Waals surface area contributed by atoms with Gasteiger partial charge in [0.05, 0.1) is 5.69 Å². The molecule has 1 spiro atoms. The molecule has 0 amide bonds. The Balaban J connectivity index is 1.45. The summed E-state index contributed by atoms with van der Waals surface area (Å²) in [6, 6.07) is 8.71. The highest BCUT2D eigenvalue weighted by Crippen LogP contribution is 2.44. The molecular weight excluding hydrogens is 320 g/mol. The minimum atomic E-state index is 0.230. The molecular formula is C22H24N4. The number of hydrogen-bond donors (Lipinski definition) is 0. The first kappa shape index (κ1) is 15.9. The number of hydrogen-bond acceptors (Lipinski definition) is 4. The molecule has 2 aromatic heterocycles. The molecule has 4 heteroatoms. The third kappa shape index (κ3) is 2.60. The molecule has 0 N–H and O–H groups in total. The van der Waals surface area contributed by atoms with E-state index in [-0.39, 0.29) is 5.41 Å². The second-order valence-electron chi connectivity index (χ2n) is 7.90. The third-order valence-electron chi connectivity index (χ3n) is 6.18. The Bertz CT molecular complexity index is 958. The Morgan fingerprint density at radius 3 is 3.08 bits per heavy atom. The summed E-state index contributed by atoms with van der Waals surface area (Å²) in [6.45, 7) is 5.29. The highest BCUT2D eigenvalue weighted by Gasteiger charge is 2.43. The van der Waals surface area contributed by atoms with Crippen LogP contribution in [0.2, 0.25) is 0 Å². The predicted octanol–water partition coefficient (Wildman–Crippen LogP) is 3.81. The molecule has 2 aliphatic rings. The first-order chi connectivity index (χ1) is 12.7. The quantitative estimate of drug-likeness (QED) is 0.709. The van der Waals surface area contributed by atoms with Crippen LogP contribution < -0.4 is 0 Å². The molecule has 1 atom stereocenters. The molecule has 5 rings (SSSR count). The highest BCUT2D eigenvalue weighted by molar-refractivity contribution is 5.84. The van der Waals surface area contributed by atoms with Crippen LogP contribution in [0.1, 0.15) is 41.9 Å². The fourth-order valence-corrected chi connectivity index (χ4v) is 4.96. The van der Waals surface area contributed by atoms with Crippen molar-refractivity contribution < 1.29 is 0 Å². The van der Waals surface area contributed by atoms with E-state index in [1.54, 1.807) is 0 Å². The van der Waals surface area contributed by atoms with Crippen molar-refractivity contribution in [2.45, 2.75) is 44.6 Å². The van der Waals surface area contributed by atoms with E-state index in [4.69, 9.17) is 4.98 Å². The van der Waals surface area contributed by atoms with Gasteiger partial charge in [0.1, 0.15) is 5.82 Å². The van der Waals surface area contributed by atoms with Gasteiger partial charge in [-0.05, 0) is 61.7 Å². The standard InChI is InChI=1S/C22H24N4/c1-16-24-13-18-6-9-22(21(18)25-16)8-3-11-26(15-22)14-19-5-2-4-17-12-23-10-7-20(17)19/h2,4-5,7,10,12-13H,3,6,8-9,11,14-15H2,1H3. The van der Waals surface area contributed by atoms with Gasteiger partial charge in [-0.15, -0.1) is 0 Å². The van der Waals surface area contributed by atoms with E-state index < -0.39 is 0 Å². The van der Waals surface area contributed by atoms with Gasteiger partial charge in [0, 0.05) is 42.5 Å². The van der Waals surface area contributed by atoms with Crippen LogP contribution in [0.25, 0.3) is 10.8 Å². The van der Waals surface area contributed by atoms with Crippen LogP contribution in [-0.2, 0) is 18.4 Å². The van der Waals surface area contributed by atoms with Gasteiger partial charge in [-0.1, -0.05) is 18.2 Å². The lowest BCUT2D eigenvalue weighted by Crippen LogP contribution is -2.45. The molecule has 3 heterocycles. The highest BCUT2D eigenvalue weighted by atomic mass is 15.1. The van der Waals surface area contributed by atoms with Crippen LogP contribution in [0, 0.1) is 6.92 Å². The molecule has 132 valence electrons. The molecule has 1 aliphatic carbocycles. The van der Waals surface area contributed by atoms with Gasteiger partial charge in [-0.2, -0.15) is 0 Å². The van der Waals surface area contributed by atoms with E-state index in [9.17, 15) is 0 Å². The van der Waals surface area contributed by atoms with Gasteiger partial charge in [-0.3, -0.25) is 9.88 Å². The van der Waals surface area contributed by atoms with E-state index in [0.29, 0.717) is 0 Å². The van der Waals surface area contributed by atoms with E-state index in [0.717, 1.165) is 25.3 Å². The lowest BCUT2D eigenvalue weighted by atomic mass is 9.77. The van der Waals surface area contributed by atoms with Gasteiger partial charge in [0.2, 0.25) is 0 Å². The summed E-state index contributed by atoms with van der Waals surface area (Å²) in [5.41, 5.74) is 4.33. The number of aromatic nitrogens is 3. The molecule has 1 aromatic carbocycles. The van der Waals surface area contributed by atoms with Crippen molar-refractivity contribution in [3.63, 3.8) is 0 Å². The molecule has 1 fully saturated rings. The van der Waals surface area contributed by atoms with Gasteiger partial charge >= 0.3 is 0 Å². The van der Waals surface area contributed by atoms with Crippen molar-refractivity contribution in [1.29, 1.82) is 0 Å². The Morgan fingerprint density at radius 2 is 2.12 bits per heavy atom. The molecule has 4 nitrogen and oxygen atoms in total. The van der Waals surface area contributed by atoms with Crippen LogP contribution >= 0.6 is 0 Å². The number of piperidine rings is 1. The summed E-state index contributed by atoms with van der Waals surface area (Å²) in [4.78, 5) is 16.2. The summed E-state index contributed by atoms with van der Waals surface area (Å²) in [5.74, 6) is 0.906. The van der Waals surface area contributed by atoms with E-state index >= 15 is 0 Å². The average molecular weight is 344 g/mol. The van der Waals surface area contributed by atoms with Crippen LogP contribution in [0.3, 0.4) is 0 Å². The zero-order chi connectivity index (χ0) is 17.6. The molecule has 3 aromatic rings. The fourth-order valence-electron chi connectivity index (χ4n) is 4.96. The average Bonchev–Trinajstić information content (AvgIpc) is 2.99. The maximum absolute atomic E-state index is 4.88. The van der Waals surface area contributed by atoms with E-state index in [2.05, 4.69) is 45.3 Å². The van der Waals surface area contributed by atoms with Crippen molar-refractivity contribution in [1.82, 2.24) is 19.9 Å². The zero-order valence-electron chi connectivity index (χ0n) is 15.3. The molecule has 0 bridgehead atoms. The molecule has 1 saturated heterocycles. The summed E-state index contributed by atoms with van der Waals surface area (Å²) in [5, 5.41) is 2.55. The largest absolute Gasteiger partial charge is 0.298 e. The third-order valence-corrected chi connectivity index (χ3v) is 6.18. The molecule has 1 unspecified atom stereocenters. The van der Waals surface area contributed by atoms with Crippen LogP contribution in [0.5, 0.6) is 0 Å². The number of pyridine rings is 1. The van der Waals surface area contributed by atoms with Crippen molar-refractivity contribution >= 4 is 10.8 Å². The van der Waals surface area contributed by atoms with E-state index in [1.165, 1.54) is 53.4 Å². The predicted molar refractivity (Wildman–Crippen MR) is 103 cm³/mol. The number of benzene rings is 1. The van der Waals surface area contributed by atoms with Crippen molar-refractivity contribution in [3.05, 3.63) is 65.5 Å². The maximum Gasteiger partial charge on any atom is 0.125 e. The number of rotatable bonds is 2. The molecule has 26 heavy (non-hydrogen) atoms. The minimum Gasteiger partial charge on any atom is -0.298 e. The smallest absolute Gasteiger partial charge is 0.125 e. The van der Waals surface area contributed by atoms with Crippen molar-refractivity contribution in [2.75, 3.05) is 13.1 Å². The molecule has 1 aliphatic heterocycles. The van der Waals surface area contributed by atoms with Crippen LogP contribution in [0.4, 0.5) is 0 Å². The first-order valence-corrected chi connectivity index (χ1v) is 9.61. The van der Waals surface area contributed by atoms with Gasteiger partial charge < -0.3 is 0 Å². The van der Waals surface area contributed by atoms with Crippen LogP contribution in [-0.4, -0.2) is 32.9 Å². The second kappa shape index (κ2) is 6.13. The fraction of sp³-hybridized carbons (Fsp3) is 0.409. The first-order valence-electron chi connectivity index (χ1n) is 9.61. The van der Waals surface area contributed by atoms with Gasteiger partial charge in [-0.25, -0.2) is 9.97 Å². The van der Waals surface area contributed by atoms with Crippen molar-refractivity contribution in [2.24, 2.45) is 0 Å². The number of nitrogens with zero attached hydrogens (tertiary/aromatic N) is 4. The number of likely N-dealkylation sites (tertiary alicyclic amines) is 1. The Hall–Kier alpha value is -2.33. The second-order valence-corrected chi connectivity index (χ2v) is 7.90. The Labute approximate surface area is 154 Å². The van der Waals surface area contributed by atoms with Gasteiger partial charge in [0.25, 0.3) is 0 Å². The summed E-state index contributed by atoms with van der Waals surface area (Å²) >= 11 is 0. The summed E-state index contributed by atoms with van der Waals surface area (Å²) in [7, 11) is 0. The zero-order valence-corrected chi connectivity index (χ0v) is 15.3. The summed E-state index contributed by atoms with van der Waals surface area (Å²) in [6.07, 6.45) is 10.8. The monoisotopic (exact) mass is 344 g/mol. The normalized spacial score (nSPS) is 22.8. The molecule has 0 radical (unpaired) electrons. The lowest BCUT2D eigenvalue weighted by Gasteiger charge is -2.40. The maximum atomic E-state index is 4.88. The van der Waals surface area contributed by atoms with E-state index in [1.807, 2.05) is 19.3 Å². The van der Waals surface area contributed by atoms with Crippen LogP contribution in [0.15, 0.2) is 42.9 Å². The Kier molecular flexibility index (Phi) is 3.75. The lowest BCUT2D eigenvalue weighted by molar-refractivity contribution is 0.137. The summed E-state index contributed by atoms with van der Waals surface area (Å²) < 4.78 is 0. The topological polar surface area (TPSA) is 41.9 Å². The minimum absolute atomic E-state index is 0.230. The Morgan fingerprint density at radius 1 is 1.15 bits per heavy atom. The van der Waals surface area contributed by atoms with Crippen molar-refractivity contribution in [3.8, 4) is 0 Å². The number of aryl methyl sites for hydroxylation is 2. The molecule has 0 saturated carbocycles. The number of fused-ring (bicyclic) bond motifs is 3. The SMILES string of the molecule is Cc1ncc2c(n1)C1(CCCN(Cc3cccc4cnccc34)C1)CC2.